The average molecular weight is 189 g/mol. The first-order valence-electron chi connectivity index (χ1n) is 1.87. The Kier molecular flexibility index (Phi) is 7.46. The van der Waals surface area contributed by atoms with Gasteiger partial charge in [0.15, 0.2) is 0 Å². The molecule has 0 saturated heterocycles. The van der Waals surface area contributed by atoms with Crippen molar-refractivity contribution in [3.05, 3.63) is 5.73 Å². The predicted molar refractivity (Wildman–Crippen MR) is 24.6 cm³/mol. The van der Waals surface area contributed by atoms with Crippen LogP contribution in [-0.4, -0.2) is 11.7 Å². The van der Waals surface area contributed by atoms with Crippen molar-refractivity contribution in [3.8, 4) is 0 Å². The molecule has 0 aliphatic carbocycles. The topological polar surface area (TPSA) is 57.9 Å². The summed E-state index contributed by atoms with van der Waals surface area (Å²) in [4.78, 5) is 19.6. The summed E-state index contributed by atoms with van der Waals surface area (Å²) < 4.78 is 0. The molecule has 0 bridgehead atoms. The molecule has 43 valence electrons. The molecular formula is C4H6NO2Y-. The molecule has 1 amide bonds. The van der Waals surface area contributed by atoms with Crippen LogP contribution in [0.25, 0.3) is 5.73 Å². The van der Waals surface area contributed by atoms with Crippen LogP contribution < -0.4 is 0 Å². The van der Waals surface area contributed by atoms with E-state index in [1.165, 1.54) is 6.92 Å². The Labute approximate surface area is 72.9 Å². The molecule has 3 nitrogen and oxygen atoms in total. The number of hydrogen-bond acceptors (Lipinski definition) is 2. The third-order valence-electron chi connectivity index (χ3n) is 0.410. The second-order valence-corrected chi connectivity index (χ2v) is 1.30. The smallest absolute Gasteiger partial charge is 0.135 e. The van der Waals surface area contributed by atoms with Crippen LogP contribution in [0.1, 0.15) is 13.3 Å². The summed E-state index contributed by atoms with van der Waals surface area (Å²) in [7, 11) is 0. The first kappa shape index (κ1) is 11.1. The Morgan fingerprint density at radius 2 is 1.88 bits per heavy atom. The molecule has 0 atom stereocenters. The Morgan fingerprint density at radius 3 is 1.88 bits per heavy atom. The zero-order chi connectivity index (χ0) is 5.86. The average Bonchev–Trinajstić information content (AvgIpc) is 1.27. The third-order valence-corrected chi connectivity index (χ3v) is 0.410. The van der Waals surface area contributed by atoms with Gasteiger partial charge in [0, 0.05) is 39.1 Å². The van der Waals surface area contributed by atoms with Crippen LogP contribution in [0.3, 0.4) is 0 Å². The summed E-state index contributed by atoms with van der Waals surface area (Å²) in [6.07, 6.45) is -0.250. The Bertz CT molecular complexity index is 90.2. The second kappa shape index (κ2) is 5.38. The molecular weight excluding hydrogens is 183 g/mol. The summed E-state index contributed by atoms with van der Waals surface area (Å²) in [5.74, 6) is -1.06. The predicted octanol–water partition coefficient (Wildman–Crippen LogP) is 0.542. The van der Waals surface area contributed by atoms with Crippen LogP contribution in [0.2, 0.25) is 0 Å². The van der Waals surface area contributed by atoms with Crippen LogP contribution in [0.4, 0.5) is 0 Å². The second-order valence-electron chi connectivity index (χ2n) is 1.30. The molecule has 8 heavy (non-hydrogen) atoms. The van der Waals surface area contributed by atoms with E-state index in [1.807, 2.05) is 0 Å². The van der Waals surface area contributed by atoms with E-state index in [4.69, 9.17) is 5.73 Å². The fourth-order valence-electron chi connectivity index (χ4n) is 0.226. The molecule has 0 aliphatic heterocycles. The number of hydrogen-bond donors (Lipinski definition) is 0. The van der Waals surface area contributed by atoms with E-state index in [0.717, 1.165) is 0 Å². The Balaban J connectivity index is 0. The fourth-order valence-corrected chi connectivity index (χ4v) is 0.226. The monoisotopic (exact) mass is 189 g/mol. The molecule has 0 fully saturated rings. The van der Waals surface area contributed by atoms with Crippen molar-refractivity contribution >= 4 is 11.7 Å². The molecule has 0 saturated carbocycles. The maximum absolute atomic E-state index is 9.91. The van der Waals surface area contributed by atoms with Gasteiger partial charge in [-0.1, -0.05) is 0 Å². The quantitative estimate of drug-likeness (QED) is 0.595. The molecule has 4 heteroatoms. The normalized spacial score (nSPS) is 7.12. The van der Waals surface area contributed by atoms with Crippen molar-refractivity contribution < 1.29 is 42.3 Å². The van der Waals surface area contributed by atoms with Gasteiger partial charge in [-0.05, 0) is 6.92 Å². The third kappa shape index (κ3) is 9.53. The number of rotatable bonds is 2. The molecule has 1 N–H and O–H groups in total. The van der Waals surface area contributed by atoms with Gasteiger partial charge >= 0.3 is 0 Å². The van der Waals surface area contributed by atoms with Gasteiger partial charge in [0.1, 0.15) is 5.78 Å². The number of carbonyl (C=O) groups is 2. The van der Waals surface area contributed by atoms with Gasteiger partial charge in [0.2, 0.25) is 0 Å². The minimum atomic E-state index is -0.812. The number of amides is 1. The molecule has 0 heterocycles. The minimum Gasteiger partial charge on any atom is -0.667 e. The van der Waals surface area contributed by atoms with Gasteiger partial charge in [-0.15, -0.1) is 0 Å². The molecule has 0 unspecified atom stereocenters. The van der Waals surface area contributed by atoms with Gasteiger partial charge in [-0.3, -0.25) is 4.79 Å². The standard InChI is InChI=1S/C4H7NO2.Y/c1-3(6)2-4(5)7;/h2H2,1H3,(H2,5,7);/p-1. The first-order chi connectivity index (χ1) is 3.13. The van der Waals surface area contributed by atoms with Crippen LogP contribution in [0.5, 0.6) is 0 Å². The van der Waals surface area contributed by atoms with E-state index in [9.17, 15) is 9.59 Å². The Hall–Kier alpha value is 0.244. The summed E-state index contributed by atoms with van der Waals surface area (Å²) in [6.45, 7) is 1.28. The first-order valence-corrected chi connectivity index (χ1v) is 1.87. The van der Waals surface area contributed by atoms with Gasteiger partial charge in [-0.2, -0.15) is 0 Å². The largest absolute Gasteiger partial charge is 0.667 e. The van der Waals surface area contributed by atoms with Gasteiger partial charge in [0.25, 0.3) is 0 Å². The summed E-state index contributed by atoms with van der Waals surface area (Å²) in [5, 5.41) is 0. The maximum Gasteiger partial charge on any atom is 0.135 e. The van der Waals surface area contributed by atoms with Crippen molar-refractivity contribution in [2.24, 2.45) is 0 Å². The van der Waals surface area contributed by atoms with Crippen molar-refractivity contribution in [3.63, 3.8) is 0 Å². The van der Waals surface area contributed by atoms with E-state index in [1.54, 1.807) is 0 Å². The van der Waals surface area contributed by atoms with Crippen LogP contribution in [0.15, 0.2) is 0 Å². The number of carbonyl (C=O) groups excluding carboxylic acids is 2. The van der Waals surface area contributed by atoms with E-state index < -0.39 is 5.91 Å². The van der Waals surface area contributed by atoms with Crippen molar-refractivity contribution in [2.45, 2.75) is 13.3 Å². The fraction of sp³-hybridized carbons (Fsp3) is 0.500. The molecule has 0 rings (SSSR count). The number of nitrogens with one attached hydrogen (secondary N) is 1. The van der Waals surface area contributed by atoms with Gasteiger partial charge in [-0.25, -0.2) is 0 Å². The van der Waals surface area contributed by atoms with E-state index in [-0.39, 0.29) is 44.9 Å². The van der Waals surface area contributed by atoms with Crippen LogP contribution in [-0.2, 0) is 42.3 Å². The minimum absolute atomic E-state index is 0. The number of Topliss-reactive ketones (excluding diaryl/α,β-unsaturated/α-hetero) is 1. The molecule has 0 aromatic heterocycles. The van der Waals surface area contributed by atoms with E-state index in [2.05, 4.69) is 0 Å². The Morgan fingerprint density at radius 1 is 1.50 bits per heavy atom. The molecule has 0 aromatic rings. The SMILES string of the molecule is CC(=O)CC([NH-])=O.[Y]. The molecule has 0 aliphatic rings. The van der Waals surface area contributed by atoms with Crippen molar-refractivity contribution in [1.82, 2.24) is 0 Å². The van der Waals surface area contributed by atoms with Crippen molar-refractivity contribution in [1.29, 1.82) is 0 Å². The molecule has 0 aromatic carbocycles. The molecule has 1 radical (unpaired) electrons. The summed E-state index contributed by atoms with van der Waals surface area (Å²) in [6, 6.07) is 0. The zero-order valence-corrected chi connectivity index (χ0v) is 7.44. The van der Waals surface area contributed by atoms with Crippen LogP contribution >= 0.6 is 0 Å². The van der Waals surface area contributed by atoms with Gasteiger partial charge in [0.05, 0.1) is 5.91 Å². The van der Waals surface area contributed by atoms with E-state index >= 15 is 0 Å². The maximum atomic E-state index is 9.91. The van der Waals surface area contributed by atoms with Crippen LogP contribution in [0, 0.1) is 0 Å². The summed E-state index contributed by atoms with van der Waals surface area (Å²) in [5.41, 5.74) is 6.25. The zero-order valence-electron chi connectivity index (χ0n) is 4.60. The van der Waals surface area contributed by atoms with Crippen molar-refractivity contribution in [2.75, 3.05) is 0 Å². The molecule has 0 spiro atoms. The summed E-state index contributed by atoms with van der Waals surface area (Å²) >= 11 is 0. The van der Waals surface area contributed by atoms with E-state index in [0.29, 0.717) is 0 Å². The van der Waals surface area contributed by atoms with Gasteiger partial charge < -0.3 is 10.5 Å². The number of ketones is 1.